The largest absolute Gasteiger partial charge is 0.441 e. The highest BCUT2D eigenvalue weighted by molar-refractivity contribution is 5.76. The fourth-order valence-corrected chi connectivity index (χ4v) is 3.63. The number of nitrogens with zero attached hydrogens (tertiary/aromatic N) is 5. The van der Waals surface area contributed by atoms with Gasteiger partial charge in [-0.05, 0) is 17.7 Å². The minimum atomic E-state index is 0.0796. The Morgan fingerprint density at radius 2 is 2.11 bits per heavy atom. The minimum Gasteiger partial charge on any atom is -0.441 e. The molecule has 8 heteroatoms. The third-order valence-electron chi connectivity index (χ3n) is 5.09. The number of hydrogen-bond acceptors (Lipinski definition) is 8. The van der Waals surface area contributed by atoms with Gasteiger partial charge < -0.3 is 24.3 Å². The van der Waals surface area contributed by atoms with E-state index in [-0.39, 0.29) is 12.1 Å². The van der Waals surface area contributed by atoms with Gasteiger partial charge in [0.15, 0.2) is 11.5 Å². The molecule has 0 radical (unpaired) electrons. The second-order valence-electron chi connectivity index (χ2n) is 7.27. The molecule has 0 saturated carbocycles. The van der Waals surface area contributed by atoms with Crippen LogP contribution in [-0.4, -0.2) is 61.4 Å². The van der Waals surface area contributed by atoms with Gasteiger partial charge in [-0.15, -0.1) is 0 Å². The first-order chi connectivity index (χ1) is 13.5. The van der Waals surface area contributed by atoms with Crippen molar-refractivity contribution in [1.82, 2.24) is 20.3 Å². The van der Waals surface area contributed by atoms with E-state index in [0.29, 0.717) is 18.4 Å². The van der Waals surface area contributed by atoms with E-state index in [1.165, 1.54) is 0 Å². The van der Waals surface area contributed by atoms with E-state index < -0.39 is 0 Å². The molecule has 2 aromatic heterocycles. The molecular formula is C20H26N6O2. The summed E-state index contributed by atoms with van der Waals surface area (Å²) in [6.07, 6.45) is 1.88. The summed E-state index contributed by atoms with van der Waals surface area (Å²) in [7, 11) is 5.64. The molecule has 1 aliphatic heterocycles. The lowest BCUT2D eigenvalue weighted by Crippen LogP contribution is -2.39. The van der Waals surface area contributed by atoms with Crippen molar-refractivity contribution < 1.29 is 9.15 Å². The number of benzene rings is 1. The number of hydrogen-bond donors (Lipinski definition) is 1. The Morgan fingerprint density at radius 3 is 2.89 bits per heavy atom. The average Bonchev–Trinajstić information content (AvgIpc) is 3.29. The molecule has 8 nitrogen and oxygen atoms in total. The Morgan fingerprint density at radius 1 is 1.25 bits per heavy atom. The summed E-state index contributed by atoms with van der Waals surface area (Å²) in [5, 5.41) is 3.64. The van der Waals surface area contributed by atoms with Crippen LogP contribution in [-0.2, 0) is 11.3 Å². The van der Waals surface area contributed by atoms with Gasteiger partial charge in [0.25, 0.3) is 0 Å². The molecule has 1 aliphatic rings. The summed E-state index contributed by atoms with van der Waals surface area (Å²) in [6, 6.07) is 8.17. The van der Waals surface area contributed by atoms with E-state index >= 15 is 0 Å². The Hall–Kier alpha value is -2.71. The summed E-state index contributed by atoms with van der Waals surface area (Å²) in [5.41, 5.74) is 2.87. The number of anilines is 2. The van der Waals surface area contributed by atoms with Crippen LogP contribution in [0.5, 0.6) is 0 Å². The van der Waals surface area contributed by atoms with Gasteiger partial charge in [0.2, 0.25) is 5.95 Å². The first-order valence-electron chi connectivity index (χ1n) is 9.41. The van der Waals surface area contributed by atoms with Crippen LogP contribution in [0.3, 0.4) is 0 Å². The van der Waals surface area contributed by atoms with Crippen LogP contribution in [0.15, 0.2) is 34.9 Å². The second kappa shape index (κ2) is 7.73. The Bertz CT molecular complexity index is 957. The Labute approximate surface area is 164 Å². The van der Waals surface area contributed by atoms with Gasteiger partial charge in [0, 0.05) is 54.0 Å². The molecule has 1 N–H and O–H groups in total. The summed E-state index contributed by atoms with van der Waals surface area (Å²) >= 11 is 0. The van der Waals surface area contributed by atoms with Crippen molar-refractivity contribution in [2.75, 3.05) is 44.1 Å². The van der Waals surface area contributed by atoms with Crippen LogP contribution < -0.4 is 15.1 Å². The van der Waals surface area contributed by atoms with Crippen molar-refractivity contribution in [2.24, 2.45) is 0 Å². The molecule has 0 amide bonds. The zero-order valence-electron chi connectivity index (χ0n) is 16.7. The van der Waals surface area contributed by atoms with Gasteiger partial charge in [0.1, 0.15) is 11.3 Å². The molecule has 0 unspecified atom stereocenters. The fourth-order valence-electron chi connectivity index (χ4n) is 3.63. The van der Waals surface area contributed by atoms with Crippen LogP contribution >= 0.6 is 0 Å². The predicted molar refractivity (Wildman–Crippen MR) is 109 cm³/mol. The topological polar surface area (TPSA) is 79.5 Å². The number of methoxy groups -OCH3 is 1. The van der Waals surface area contributed by atoms with E-state index in [9.17, 15) is 0 Å². The third-order valence-corrected chi connectivity index (χ3v) is 5.09. The number of aromatic nitrogens is 3. The molecule has 148 valence electrons. The maximum Gasteiger partial charge on any atom is 0.226 e. The highest BCUT2D eigenvalue weighted by Crippen LogP contribution is 2.23. The van der Waals surface area contributed by atoms with Crippen LogP contribution in [0.1, 0.15) is 11.5 Å². The van der Waals surface area contributed by atoms with Gasteiger partial charge in [-0.2, -0.15) is 4.98 Å². The molecule has 1 aromatic carbocycles. The number of ether oxygens (including phenoxy) is 1. The number of rotatable bonds is 6. The van der Waals surface area contributed by atoms with E-state index in [2.05, 4.69) is 31.2 Å². The predicted octanol–water partition coefficient (Wildman–Crippen LogP) is 1.99. The van der Waals surface area contributed by atoms with Gasteiger partial charge in [-0.1, -0.05) is 12.1 Å². The number of aryl methyl sites for hydroxylation is 1. The van der Waals surface area contributed by atoms with Crippen molar-refractivity contribution in [2.45, 2.75) is 25.6 Å². The molecule has 0 spiro atoms. The average molecular weight is 382 g/mol. The molecule has 0 bridgehead atoms. The van der Waals surface area contributed by atoms with Crippen LogP contribution in [0, 0.1) is 6.92 Å². The van der Waals surface area contributed by atoms with Gasteiger partial charge >= 0.3 is 0 Å². The molecule has 0 aliphatic carbocycles. The Balaban J connectivity index is 1.48. The molecule has 28 heavy (non-hydrogen) atoms. The zero-order valence-corrected chi connectivity index (χ0v) is 16.7. The number of oxazole rings is 1. The maximum absolute atomic E-state index is 5.74. The SMILES string of the molecule is CO[C@@H]1CN(c2ccnc(N(C)C)n2)C[C@@H]1NCc1cccc2oc(C)nc12. The molecule has 1 fully saturated rings. The number of nitrogens with one attached hydrogen (secondary N) is 1. The summed E-state index contributed by atoms with van der Waals surface area (Å²) < 4.78 is 11.4. The van der Waals surface area contributed by atoms with Crippen LogP contribution in [0.25, 0.3) is 11.1 Å². The highest BCUT2D eigenvalue weighted by atomic mass is 16.5. The normalized spacial score (nSPS) is 19.5. The lowest BCUT2D eigenvalue weighted by atomic mass is 10.1. The number of fused-ring (bicyclic) bond motifs is 1. The lowest BCUT2D eigenvalue weighted by Gasteiger charge is -2.19. The second-order valence-corrected chi connectivity index (χ2v) is 7.27. The molecule has 2 atom stereocenters. The molecule has 3 aromatic rings. The van der Waals surface area contributed by atoms with Crippen molar-refractivity contribution in [3.8, 4) is 0 Å². The minimum absolute atomic E-state index is 0.0796. The van der Waals surface area contributed by atoms with E-state index in [1.54, 1.807) is 13.3 Å². The lowest BCUT2D eigenvalue weighted by molar-refractivity contribution is 0.0967. The van der Waals surface area contributed by atoms with Crippen LogP contribution in [0.4, 0.5) is 11.8 Å². The standard InChI is InChI=1S/C20H26N6O2/c1-13-23-19-14(6-5-7-16(19)28-13)10-22-15-11-26(12-17(15)27-4)18-8-9-21-20(24-18)25(2)3/h5-9,15,17,22H,10-12H2,1-4H3/t15-,17+/m0/s1. The summed E-state index contributed by atoms with van der Waals surface area (Å²) in [6.45, 7) is 4.17. The molecule has 3 heterocycles. The molecular weight excluding hydrogens is 356 g/mol. The zero-order chi connectivity index (χ0) is 19.7. The summed E-state index contributed by atoms with van der Waals surface area (Å²) in [4.78, 5) is 17.6. The third kappa shape index (κ3) is 3.65. The monoisotopic (exact) mass is 382 g/mol. The van der Waals surface area contributed by atoms with Gasteiger partial charge in [-0.3, -0.25) is 0 Å². The van der Waals surface area contributed by atoms with Crippen molar-refractivity contribution in [1.29, 1.82) is 0 Å². The highest BCUT2D eigenvalue weighted by Gasteiger charge is 2.33. The Kier molecular flexibility index (Phi) is 5.15. The van der Waals surface area contributed by atoms with E-state index in [4.69, 9.17) is 9.15 Å². The number of para-hydroxylation sites is 1. The van der Waals surface area contributed by atoms with Crippen molar-refractivity contribution in [3.05, 3.63) is 41.9 Å². The quantitative estimate of drug-likeness (QED) is 0.693. The summed E-state index contributed by atoms with van der Waals surface area (Å²) in [5.74, 6) is 2.31. The van der Waals surface area contributed by atoms with Gasteiger partial charge in [0.05, 0.1) is 12.1 Å². The smallest absolute Gasteiger partial charge is 0.226 e. The fraction of sp³-hybridized carbons (Fsp3) is 0.450. The first-order valence-corrected chi connectivity index (χ1v) is 9.41. The van der Waals surface area contributed by atoms with E-state index in [0.717, 1.165) is 35.6 Å². The molecule has 4 rings (SSSR count). The van der Waals surface area contributed by atoms with Gasteiger partial charge in [-0.25, -0.2) is 9.97 Å². The van der Waals surface area contributed by atoms with Crippen molar-refractivity contribution in [3.63, 3.8) is 0 Å². The van der Waals surface area contributed by atoms with E-state index in [1.807, 2.05) is 44.1 Å². The van der Waals surface area contributed by atoms with Crippen molar-refractivity contribution >= 4 is 22.9 Å². The first kappa shape index (κ1) is 18.6. The molecule has 1 saturated heterocycles. The maximum atomic E-state index is 5.74. The van der Waals surface area contributed by atoms with Crippen LogP contribution in [0.2, 0.25) is 0 Å².